The van der Waals surface area contributed by atoms with Crippen LogP contribution in [0.1, 0.15) is 0 Å². The van der Waals surface area contributed by atoms with Crippen LogP contribution in [0.3, 0.4) is 0 Å². The van der Waals surface area contributed by atoms with Gasteiger partial charge in [-0.3, -0.25) is 9.69 Å². The van der Waals surface area contributed by atoms with Gasteiger partial charge in [0.15, 0.2) is 0 Å². The van der Waals surface area contributed by atoms with E-state index >= 15 is 0 Å². The van der Waals surface area contributed by atoms with Crippen molar-refractivity contribution >= 4 is 5.91 Å². The first kappa shape index (κ1) is 11.1. The second-order valence-corrected chi connectivity index (χ2v) is 2.64. The van der Waals surface area contributed by atoms with E-state index in [1.54, 1.807) is 25.1 Å². The zero-order chi connectivity index (χ0) is 9.56. The first-order chi connectivity index (χ1) is 5.65. The van der Waals surface area contributed by atoms with Gasteiger partial charge in [0.25, 0.3) is 0 Å². The van der Waals surface area contributed by atoms with E-state index in [1.807, 2.05) is 0 Å². The van der Waals surface area contributed by atoms with Crippen molar-refractivity contribution in [2.24, 2.45) is 5.92 Å². The van der Waals surface area contributed by atoms with Crippen molar-refractivity contribution in [3.63, 3.8) is 0 Å². The molecule has 1 amide bonds. The molecule has 0 aliphatic rings. The maximum absolute atomic E-state index is 11.1. The van der Waals surface area contributed by atoms with E-state index in [1.165, 1.54) is 0 Å². The number of carbonyl (C=O) groups is 1. The molecule has 0 spiro atoms. The first-order valence-electron chi connectivity index (χ1n) is 3.79. The molecule has 1 atom stereocenters. The Morgan fingerprint density at radius 2 is 2.42 bits per heavy atom. The molecule has 12 heavy (non-hydrogen) atoms. The van der Waals surface area contributed by atoms with Gasteiger partial charge in [-0.25, -0.2) is 0 Å². The maximum atomic E-state index is 11.1. The summed E-state index contributed by atoms with van der Waals surface area (Å²) in [5.74, 6) is -0.336. The summed E-state index contributed by atoms with van der Waals surface area (Å²) in [6.45, 7) is 3.98. The number of amides is 1. The zero-order valence-electron chi connectivity index (χ0n) is 7.58. The highest BCUT2D eigenvalue weighted by Gasteiger charge is 2.14. The molecule has 2 N–H and O–H groups in total. The third kappa shape index (κ3) is 3.50. The largest absolute Gasteiger partial charge is 0.381 e. The van der Waals surface area contributed by atoms with Crippen LogP contribution in [0.2, 0.25) is 0 Å². The van der Waals surface area contributed by atoms with Crippen molar-refractivity contribution < 1.29 is 9.90 Å². The number of carbonyl (C=O) groups excluding carboxylic acids is 1. The minimum atomic E-state index is -0.257. The molecular weight excluding hydrogens is 156 g/mol. The lowest BCUT2D eigenvalue weighted by Crippen LogP contribution is -2.35. The lowest BCUT2D eigenvalue weighted by atomic mass is 10.1. The fourth-order valence-electron chi connectivity index (χ4n) is 0.843. The minimum absolute atomic E-state index is 0.0542. The van der Waals surface area contributed by atoms with Crippen LogP contribution in [0, 0.1) is 5.92 Å². The van der Waals surface area contributed by atoms with Crippen molar-refractivity contribution in [1.29, 1.82) is 0 Å². The molecule has 0 aliphatic heterocycles. The SMILES string of the molecule is C=C[C@@H](CN(C)CO)C(=O)NC. The van der Waals surface area contributed by atoms with Crippen molar-refractivity contribution in [3.05, 3.63) is 12.7 Å². The van der Waals surface area contributed by atoms with Gasteiger partial charge in [0.2, 0.25) is 5.91 Å². The van der Waals surface area contributed by atoms with Crippen LogP contribution in [0.15, 0.2) is 12.7 Å². The molecule has 4 nitrogen and oxygen atoms in total. The van der Waals surface area contributed by atoms with E-state index in [9.17, 15) is 4.79 Å². The number of hydrogen-bond acceptors (Lipinski definition) is 3. The van der Waals surface area contributed by atoms with Gasteiger partial charge in [-0.15, -0.1) is 6.58 Å². The van der Waals surface area contributed by atoms with Gasteiger partial charge in [-0.1, -0.05) is 6.08 Å². The average molecular weight is 172 g/mol. The molecular formula is C8H16N2O2. The van der Waals surface area contributed by atoms with E-state index in [0.29, 0.717) is 6.54 Å². The number of nitrogens with one attached hydrogen (secondary N) is 1. The van der Waals surface area contributed by atoms with E-state index in [4.69, 9.17) is 5.11 Å². The molecule has 0 aliphatic carbocycles. The summed E-state index contributed by atoms with van der Waals surface area (Å²) in [5, 5.41) is 11.2. The van der Waals surface area contributed by atoms with Crippen molar-refractivity contribution in [3.8, 4) is 0 Å². The minimum Gasteiger partial charge on any atom is -0.381 e. The monoisotopic (exact) mass is 172 g/mol. The zero-order valence-corrected chi connectivity index (χ0v) is 7.58. The lowest BCUT2D eigenvalue weighted by molar-refractivity contribution is -0.123. The van der Waals surface area contributed by atoms with Crippen molar-refractivity contribution in [2.75, 3.05) is 27.4 Å². The van der Waals surface area contributed by atoms with Gasteiger partial charge >= 0.3 is 0 Å². The Kier molecular flexibility index (Phi) is 5.32. The maximum Gasteiger partial charge on any atom is 0.227 e. The van der Waals surface area contributed by atoms with Crippen LogP contribution >= 0.6 is 0 Å². The molecule has 70 valence electrons. The van der Waals surface area contributed by atoms with Gasteiger partial charge in [-0.05, 0) is 7.05 Å². The smallest absolute Gasteiger partial charge is 0.227 e. The van der Waals surface area contributed by atoms with Crippen LogP contribution in [0.5, 0.6) is 0 Å². The van der Waals surface area contributed by atoms with Gasteiger partial charge in [0.1, 0.15) is 0 Å². The Morgan fingerprint density at radius 1 is 1.83 bits per heavy atom. The quantitative estimate of drug-likeness (QED) is 0.431. The number of nitrogens with zero attached hydrogens (tertiary/aromatic N) is 1. The Bertz CT molecular complexity index is 159. The summed E-state index contributed by atoms with van der Waals surface area (Å²) in [5.41, 5.74) is 0. The first-order valence-corrected chi connectivity index (χ1v) is 3.79. The van der Waals surface area contributed by atoms with Gasteiger partial charge in [0, 0.05) is 13.6 Å². The van der Waals surface area contributed by atoms with Crippen molar-refractivity contribution in [2.45, 2.75) is 0 Å². The molecule has 0 heterocycles. The van der Waals surface area contributed by atoms with Crippen molar-refractivity contribution in [1.82, 2.24) is 10.2 Å². The third-order valence-corrected chi connectivity index (χ3v) is 1.62. The summed E-state index contributed by atoms with van der Waals surface area (Å²) in [4.78, 5) is 12.7. The van der Waals surface area contributed by atoms with Crippen LogP contribution in [-0.4, -0.2) is 43.3 Å². The van der Waals surface area contributed by atoms with Gasteiger partial charge in [-0.2, -0.15) is 0 Å². The summed E-state index contributed by atoms with van der Waals surface area (Å²) in [7, 11) is 3.32. The predicted octanol–water partition coefficient (Wildman–Crippen LogP) is -0.584. The van der Waals surface area contributed by atoms with Crippen LogP contribution in [0.4, 0.5) is 0 Å². The topological polar surface area (TPSA) is 52.6 Å². The highest BCUT2D eigenvalue weighted by molar-refractivity contribution is 5.80. The Morgan fingerprint density at radius 3 is 2.75 bits per heavy atom. The van der Waals surface area contributed by atoms with Gasteiger partial charge < -0.3 is 10.4 Å². The number of rotatable bonds is 5. The number of aliphatic hydroxyl groups excluding tert-OH is 1. The summed E-state index contributed by atoms with van der Waals surface area (Å²) < 4.78 is 0. The highest BCUT2D eigenvalue weighted by Crippen LogP contribution is 1.99. The highest BCUT2D eigenvalue weighted by atomic mass is 16.3. The molecule has 0 aromatic heterocycles. The van der Waals surface area contributed by atoms with Crippen LogP contribution < -0.4 is 5.32 Å². The molecule has 0 saturated carbocycles. The van der Waals surface area contributed by atoms with Crippen LogP contribution in [0.25, 0.3) is 0 Å². The molecule has 0 radical (unpaired) electrons. The van der Waals surface area contributed by atoms with E-state index in [-0.39, 0.29) is 18.6 Å². The summed E-state index contributed by atoms with van der Waals surface area (Å²) >= 11 is 0. The third-order valence-electron chi connectivity index (χ3n) is 1.62. The molecule has 0 fully saturated rings. The standard InChI is InChI=1S/C8H16N2O2/c1-4-7(8(12)9-2)5-10(3)6-11/h4,7,11H,1,5-6H2,2-3H3,(H,9,12)/t7-/m0/s1. The van der Waals surface area contributed by atoms with Gasteiger partial charge in [0.05, 0.1) is 12.6 Å². The second-order valence-electron chi connectivity index (χ2n) is 2.64. The predicted molar refractivity (Wildman–Crippen MR) is 47.5 cm³/mol. The molecule has 0 saturated heterocycles. The summed E-state index contributed by atoms with van der Waals surface area (Å²) in [6.07, 6.45) is 1.57. The summed E-state index contributed by atoms with van der Waals surface area (Å²) in [6, 6.07) is 0. The normalized spacial score (nSPS) is 12.7. The lowest BCUT2D eigenvalue weighted by Gasteiger charge is -2.17. The Labute approximate surface area is 72.9 Å². The van der Waals surface area contributed by atoms with E-state index < -0.39 is 0 Å². The molecule has 0 unspecified atom stereocenters. The Hall–Kier alpha value is -0.870. The molecule has 0 bridgehead atoms. The fourth-order valence-corrected chi connectivity index (χ4v) is 0.843. The molecule has 0 rings (SSSR count). The molecule has 0 aromatic carbocycles. The fraction of sp³-hybridized carbons (Fsp3) is 0.625. The van der Waals surface area contributed by atoms with E-state index in [0.717, 1.165) is 0 Å². The Balaban J connectivity index is 3.99. The second kappa shape index (κ2) is 5.74. The number of hydrogen-bond donors (Lipinski definition) is 2. The number of aliphatic hydroxyl groups is 1. The van der Waals surface area contributed by atoms with Crippen LogP contribution in [-0.2, 0) is 4.79 Å². The molecule has 4 heteroatoms. The molecule has 0 aromatic rings. The average Bonchev–Trinajstić information content (AvgIpc) is 2.12. The van der Waals surface area contributed by atoms with E-state index in [2.05, 4.69) is 11.9 Å².